The van der Waals surface area contributed by atoms with Crippen molar-refractivity contribution < 1.29 is 4.79 Å². The molecule has 1 aliphatic heterocycles. The molecule has 2 rings (SSSR count). The molecule has 3 nitrogen and oxygen atoms in total. The second-order valence-corrected chi connectivity index (χ2v) is 4.51. The Balaban J connectivity index is 1.99. The Bertz CT molecular complexity index is 390. The Morgan fingerprint density at radius 2 is 2.19 bits per heavy atom. The van der Waals surface area contributed by atoms with E-state index in [9.17, 15) is 4.79 Å². The van der Waals surface area contributed by atoms with Gasteiger partial charge in [0, 0.05) is 18.1 Å². The highest BCUT2D eigenvalue weighted by molar-refractivity contribution is 6.31. The van der Waals surface area contributed by atoms with Gasteiger partial charge in [0.2, 0.25) is 5.91 Å². The maximum Gasteiger partial charge on any atom is 0.226 e. The van der Waals surface area contributed by atoms with Crippen LogP contribution in [-0.2, 0) is 4.79 Å². The lowest BCUT2D eigenvalue weighted by molar-refractivity contribution is -0.127. The zero-order chi connectivity index (χ0) is 11.5. The summed E-state index contributed by atoms with van der Waals surface area (Å²) in [6.45, 7) is 3.51. The summed E-state index contributed by atoms with van der Waals surface area (Å²) in [6, 6.07) is 7.55. The number of halogens is 1. The molecule has 0 aromatic heterocycles. The molecule has 0 radical (unpaired) electrons. The number of benzene rings is 1. The molecule has 0 saturated carbocycles. The van der Waals surface area contributed by atoms with E-state index in [2.05, 4.69) is 10.6 Å². The summed E-state index contributed by atoms with van der Waals surface area (Å²) in [5.74, 6) is 0.219. The van der Waals surface area contributed by atoms with Crippen molar-refractivity contribution in [3.05, 3.63) is 34.9 Å². The van der Waals surface area contributed by atoms with Gasteiger partial charge < -0.3 is 10.6 Å². The molecule has 0 bridgehead atoms. The van der Waals surface area contributed by atoms with Gasteiger partial charge in [0.05, 0.1) is 12.0 Å². The van der Waals surface area contributed by atoms with Crippen LogP contribution in [0.1, 0.15) is 18.5 Å². The number of carbonyl (C=O) groups excluding carboxylic acids is 1. The first-order valence-corrected chi connectivity index (χ1v) is 5.82. The van der Waals surface area contributed by atoms with E-state index in [0.29, 0.717) is 5.02 Å². The van der Waals surface area contributed by atoms with Crippen molar-refractivity contribution in [2.24, 2.45) is 5.92 Å². The third kappa shape index (κ3) is 2.36. The first-order chi connectivity index (χ1) is 7.68. The smallest absolute Gasteiger partial charge is 0.226 e. The molecule has 1 fully saturated rings. The highest BCUT2D eigenvalue weighted by atomic mass is 35.5. The van der Waals surface area contributed by atoms with Crippen molar-refractivity contribution in [1.82, 2.24) is 10.6 Å². The molecular formula is C12H15ClN2O. The second-order valence-electron chi connectivity index (χ2n) is 4.11. The summed E-state index contributed by atoms with van der Waals surface area (Å²) in [5, 5.41) is 6.75. The van der Waals surface area contributed by atoms with Gasteiger partial charge in [-0.1, -0.05) is 29.8 Å². The molecule has 4 heteroatoms. The van der Waals surface area contributed by atoms with E-state index < -0.39 is 0 Å². The minimum atomic E-state index is -0.0400. The lowest BCUT2D eigenvalue weighted by Crippen LogP contribution is -2.51. The Labute approximate surface area is 100 Å². The second kappa shape index (κ2) is 4.85. The normalized spacial score (nSPS) is 17.6. The molecule has 0 spiro atoms. The van der Waals surface area contributed by atoms with Crippen molar-refractivity contribution >= 4 is 17.5 Å². The van der Waals surface area contributed by atoms with Crippen LogP contribution in [0, 0.1) is 5.92 Å². The lowest BCUT2D eigenvalue weighted by Gasteiger charge is -2.27. The summed E-state index contributed by atoms with van der Waals surface area (Å²) < 4.78 is 0. The zero-order valence-corrected chi connectivity index (χ0v) is 9.92. The van der Waals surface area contributed by atoms with E-state index in [1.807, 2.05) is 31.2 Å². The largest absolute Gasteiger partial charge is 0.349 e. The number of hydrogen-bond donors (Lipinski definition) is 2. The summed E-state index contributed by atoms with van der Waals surface area (Å²) in [7, 11) is 0. The fraction of sp³-hybridized carbons (Fsp3) is 0.417. The van der Waals surface area contributed by atoms with Gasteiger partial charge in [-0.05, 0) is 18.6 Å². The van der Waals surface area contributed by atoms with E-state index in [4.69, 9.17) is 11.6 Å². The van der Waals surface area contributed by atoms with Crippen LogP contribution in [-0.4, -0.2) is 19.0 Å². The molecular weight excluding hydrogens is 224 g/mol. The standard InChI is InChI=1S/C12H15ClN2O/c1-8(10-4-2-3-5-11(10)13)15-12(16)9-6-14-7-9/h2-5,8-9,14H,6-7H2,1H3,(H,15,16)/t8-/m0/s1. The molecule has 0 unspecified atom stereocenters. The van der Waals surface area contributed by atoms with Crippen LogP contribution < -0.4 is 10.6 Å². The van der Waals surface area contributed by atoms with Crippen molar-refractivity contribution in [3.8, 4) is 0 Å². The van der Waals surface area contributed by atoms with Gasteiger partial charge in [-0.25, -0.2) is 0 Å². The summed E-state index contributed by atoms with van der Waals surface area (Å²) in [4.78, 5) is 11.7. The van der Waals surface area contributed by atoms with Crippen LogP contribution in [0.25, 0.3) is 0 Å². The minimum Gasteiger partial charge on any atom is -0.349 e. The third-order valence-electron chi connectivity index (χ3n) is 2.88. The van der Waals surface area contributed by atoms with Crippen molar-refractivity contribution in [1.29, 1.82) is 0 Å². The molecule has 1 heterocycles. The minimum absolute atomic E-state index is 0.0400. The van der Waals surface area contributed by atoms with E-state index >= 15 is 0 Å². The fourth-order valence-electron chi connectivity index (χ4n) is 1.71. The Kier molecular flexibility index (Phi) is 3.46. The van der Waals surface area contributed by atoms with E-state index in [1.54, 1.807) is 0 Å². The van der Waals surface area contributed by atoms with Gasteiger partial charge in [0.15, 0.2) is 0 Å². The monoisotopic (exact) mass is 238 g/mol. The number of nitrogens with one attached hydrogen (secondary N) is 2. The van der Waals surface area contributed by atoms with Crippen molar-refractivity contribution in [2.45, 2.75) is 13.0 Å². The molecule has 1 aliphatic rings. The molecule has 1 amide bonds. The van der Waals surface area contributed by atoms with Crippen molar-refractivity contribution in [2.75, 3.05) is 13.1 Å². The van der Waals surface area contributed by atoms with Crippen LogP contribution in [0.15, 0.2) is 24.3 Å². The van der Waals surface area contributed by atoms with Crippen LogP contribution in [0.4, 0.5) is 0 Å². The first-order valence-electron chi connectivity index (χ1n) is 5.44. The maximum absolute atomic E-state index is 11.7. The van der Waals surface area contributed by atoms with E-state index in [-0.39, 0.29) is 17.9 Å². The Morgan fingerprint density at radius 3 is 2.75 bits per heavy atom. The molecule has 1 aromatic rings. The van der Waals surface area contributed by atoms with Crippen LogP contribution >= 0.6 is 11.6 Å². The van der Waals surface area contributed by atoms with E-state index in [0.717, 1.165) is 18.7 Å². The number of carbonyl (C=O) groups is 1. The summed E-state index contributed by atoms with van der Waals surface area (Å²) >= 11 is 6.07. The highest BCUT2D eigenvalue weighted by Crippen LogP contribution is 2.22. The van der Waals surface area contributed by atoms with Gasteiger partial charge >= 0.3 is 0 Å². The summed E-state index contributed by atoms with van der Waals surface area (Å²) in [5.41, 5.74) is 0.963. The molecule has 1 saturated heterocycles. The van der Waals surface area contributed by atoms with Gasteiger partial charge in [0.25, 0.3) is 0 Å². The molecule has 0 aliphatic carbocycles. The third-order valence-corrected chi connectivity index (χ3v) is 3.23. The predicted octanol–water partition coefficient (Wildman–Crippen LogP) is 1.74. The average Bonchev–Trinajstić information content (AvgIpc) is 2.15. The summed E-state index contributed by atoms with van der Waals surface area (Å²) in [6.07, 6.45) is 0. The number of amides is 1. The molecule has 2 N–H and O–H groups in total. The van der Waals surface area contributed by atoms with Gasteiger partial charge in [0.1, 0.15) is 0 Å². The molecule has 1 aromatic carbocycles. The van der Waals surface area contributed by atoms with Gasteiger partial charge in [-0.2, -0.15) is 0 Å². The lowest BCUT2D eigenvalue weighted by atomic mass is 10.0. The number of hydrogen-bond acceptors (Lipinski definition) is 2. The van der Waals surface area contributed by atoms with Crippen LogP contribution in [0.2, 0.25) is 5.02 Å². The number of rotatable bonds is 3. The van der Waals surface area contributed by atoms with Crippen LogP contribution in [0.5, 0.6) is 0 Å². The van der Waals surface area contributed by atoms with Crippen molar-refractivity contribution in [3.63, 3.8) is 0 Å². The highest BCUT2D eigenvalue weighted by Gasteiger charge is 2.26. The maximum atomic E-state index is 11.7. The SMILES string of the molecule is C[C@H](NC(=O)C1CNC1)c1ccccc1Cl. The quantitative estimate of drug-likeness (QED) is 0.842. The van der Waals surface area contributed by atoms with Gasteiger partial charge in [-0.3, -0.25) is 4.79 Å². The van der Waals surface area contributed by atoms with Crippen LogP contribution in [0.3, 0.4) is 0 Å². The molecule has 16 heavy (non-hydrogen) atoms. The topological polar surface area (TPSA) is 41.1 Å². The van der Waals surface area contributed by atoms with Gasteiger partial charge in [-0.15, -0.1) is 0 Å². The first kappa shape index (κ1) is 11.4. The van der Waals surface area contributed by atoms with E-state index in [1.165, 1.54) is 0 Å². The Hall–Kier alpha value is -1.06. The molecule has 86 valence electrons. The Morgan fingerprint density at radius 1 is 1.50 bits per heavy atom. The molecule has 1 atom stereocenters. The predicted molar refractivity (Wildman–Crippen MR) is 64.4 cm³/mol. The zero-order valence-electron chi connectivity index (χ0n) is 9.16. The fourth-order valence-corrected chi connectivity index (χ4v) is 2.01. The average molecular weight is 239 g/mol.